The molecular weight excluding hydrogens is 230 g/mol. The molecule has 0 aromatic heterocycles. The van der Waals surface area contributed by atoms with Gasteiger partial charge in [-0.2, -0.15) is 0 Å². The second-order valence-corrected chi connectivity index (χ2v) is 7.20. The van der Waals surface area contributed by atoms with Gasteiger partial charge in [-0.15, -0.1) is 0 Å². The van der Waals surface area contributed by atoms with Gasteiger partial charge in [0.1, 0.15) is 0 Å². The molecule has 1 aromatic rings. The summed E-state index contributed by atoms with van der Waals surface area (Å²) in [6.07, 6.45) is 5.12. The lowest BCUT2D eigenvalue weighted by molar-refractivity contribution is 0.482. The number of benzene rings is 1. The number of nitrogen functional groups attached to an aromatic ring is 1. The molecule has 1 aromatic carbocycles. The quantitative estimate of drug-likeness (QED) is 0.819. The number of hydrogen-bond acceptors (Lipinski definition) is 2. The third-order valence-corrected chi connectivity index (χ3v) is 6.27. The molecule has 2 N–H and O–H groups in total. The predicted octanol–water partition coefficient (Wildman–Crippen LogP) is 2.87. The Morgan fingerprint density at radius 1 is 1.29 bits per heavy atom. The molecule has 0 spiro atoms. The number of hydrogen-bond donors (Lipinski definition) is 1. The molecule has 2 bridgehead atoms. The Balaban J connectivity index is 1.84. The molecule has 0 amide bonds. The summed E-state index contributed by atoms with van der Waals surface area (Å²) in [7, 11) is -0.832. The molecule has 3 rings (SSSR count). The van der Waals surface area contributed by atoms with Crippen LogP contribution in [0.25, 0.3) is 0 Å². The van der Waals surface area contributed by atoms with E-state index >= 15 is 0 Å². The summed E-state index contributed by atoms with van der Waals surface area (Å²) in [4.78, 5) is 0.967. The van der Waals surface area contributed by atoms with Gasteiger partial charge >= 0.3 is 0 Å². The van der Waals surface area contributed by atoms with E-state index in [1.54, 1.807) is 0 Å². The Morgan fingerprint density at radius 2 is 2.12 bits per heavy atom. The summed E-state index contributed by atoms with van der Waals surface area (Å²) < 4.78 is 12.6. The SMILES string of the molecule is Cc1cc(S(=O)C2CC3CCC2C3)ccc1N. The molecule has 4 atom stereocenters. The van der Waals surface area contributed by atoms with Crippen molar-refractivity contribution in [3.05, 3.63) is 23.8 Å². The van der Waals surface area contributed by atoms with Crippen LogP contribution in [0.3, 0.4) is 0 Å². The van der Waals surface area contributed by atoms with Gasteiger partial charge in [0, 0.05) is 15.8 Å². The Bertz CT molecular complexity index is 471. The molecular formula is C14H19NOS. The van der Waals surface area contributed by atoms with Crippen molar-refractivity contribution in [2.75, 3.05) is 5.73 Å². The highest BCUT2D eigenvalue weighted by molar-refractivity contribution is 7.85. The fourth-order valence-electron chi connectivity index (χ4n) is 3.40. The van der Waals surface area contributed by atoms with Crippen LogP contribution in [0.5, 0.6) is 0 Å². The molecule has 2 aliphatic carbocycles. The summed E-state index contributed by atoms with van der Waals surface area (Å²) in [5.41, 5.74) is 7.64. The van der Waals surface area contributed by atoms with Gasteiger partial charge in [0.05, 0.1) is 10.8 Å². The van der Waals surface area contributed by atoms with Crippen molar-refractivity contribution in [2.24, 2.45) is 11.8 Å². The summed E-state index contributed by atoms with van der Waals surface area (Å²) in [5.74, 6) is 1.56. The van der Waals surface area contributed by atoms with Crippen LogP contribution < -0.4 is 5.73 Å². The minimum Gasteiger partial charge on any atom is -0.399 e. The predicted molar refractivity (Wildman–Crippen MR) is 71.2 cm³/mol. The number of anilines is 1. The minimum absolute atomic E-state index is 0.400. The van der Waals surface area contributed by atoms with E-state index in [-0.39, 0.29) is 0 Å². The molecule has 2 nitrogen and oxygen atoms in total. The van der Waals surface area contributed by atoms with E-state index in [9.17, 15) is 4.21 Å². The van der Waals surface area contributed by atoms with Gasteiger partial charge in [-0.25, -0.2) is 0 Å². The maximum Gasteiger partial charge on any atom is 0.0563 e. The zero-order chi connectivity index (χ0) is 12.0. The smallest absolute Gasteiger partial charge is 0.0563 e. The number of fused-ring (bicyclic) bond motifs is 2. The van der Waals surface area contributed by atoms with Gasteiger partial charge in [-0.05, 0) is 61.8 Å². The van der Waals surface area contributed by atoms with E-state index in [0.29, 0.717) is 11.2 Å². The first kappa shape index (κ1) is 11.3. The fourth-order valence-corrected chi connectivity index (χ4v) is 5.29. The third kappa shape index (κ3) is 1.90. The van der Waals surface area contributed by atoms with Crippen LogP contribution in [0.4, 0.5) is 5.69 Å². The Labute approximate surface area is 105 Å². The van der Waals surface area contributed by atoms with Crippen LogP contribution in [0.15, 0.2) is 23.1 Å². The highest BCUT2D eigenvalue weighted by Gasteiger charge is 2.42. The maximum absolute atomic E-state index is 12.6. The average molecular weight is 249 g/mol. The minimum atomic E-state index is -0.832. The first-order valence-electron chi connectivity index (χ1n) is 6.42. The Kier molecular flexibility index (Phi) is 2.74. The van der Waals surface area contributed by atoms with E-state index < -0.39 is 10.8 Å². The van der Waals surface area contributed by atoms with Crippen molar-refractivity contribution in [2.45, 2.75) is 42.8 Å². The first-order chi connectivity index (χ1) is 8.15. The van der Waals surface area contributed by atoms with E-state index in [1.807, 2.05) is 25.1 Å². The molecule has 2 fully saturated rings. The summed E-state index contributed by atoms with van der Waals surface area (Å²) >= 11 is 0. The maximum atomic E-state index is 12.6. The normalized spacial score (nSPS) is 32.9. The molecule has 4 unspecified atom stereocenters. The standard InChI is InChI=1S/C14H19NOS/c1-9-6-12(4-5-13(9)15)17(16)14-8-10-2-3-11(14)7-10/h4-6,10-11,14H,2-3,7-8,15H2,1H3. The lowest BCUT2D eigenvalue weighted by atomic mass is 10.0. The van der Waals surface area contributed by atoms with Gasteiger partial charge in [0.25, 0.3) is 0 Å². The number of nitrogens with two attached hydrogens (primary N) is 1. The topological polar surface area (TPSA) is 43.1 Å². The van der Waals surface area contributed by atoms with Crippen molar-refractivity contribution < 1.29 is 4.21 Å². The van der Waals surface area contributed by atoms with E-state index in [1.165, 1.54) is 25.7 Å². The van der Waals surface area contributed by atoms with Crippen LogP contribution in [0.2, 0.25) is 0 Å². The Morgan fingerprint density at radius 3 is 2.71 bits per heavy atom. The van der Waals surface area contributed by atoms with Crippen molar-refractivity contribution in [3.63, 3.8) is 0 Å². The van der Waals surface area contributed by atoms with E-state index in [0.717, 1.165) is 22.1 Å². The summed E-state index contributed by atoms with van der Waals surface area (Å²) in [6.45, 7) is 1.98. The lowest BCUT2D eigenvalue weighted by Gasteiger charge is -2.21. The largest absolute Gasteiger partial charge is 0.399 e. The van der Waals surface area contributed by atoms with Crippen LogP contribution >= 0.6 is 0 Å². The van der Waals surface area contributed by atoms with E-state index in [4.69, 9.17) is 5.73 Å². The monoisotopic (exact) mass is 249 g/mol. The van der Waals surface area contributed by atoms with Gasteiger partial charge in [0.15, 0.2) is 0 Å². The second kappa shape index (κ2) is 4.13. The molecule has 0 heterocycles. The van der Waals surface area contributed by atoms with Crippen molar-refractivity contribution >= 4 is 16.5 Å². The van der Waals surface area contributed by atoms with E-state index in [2.05, 4.69) is 0 Å². The number of rotatable bonds is 2. The molecule has 0 aliphatic heterocycles. The number of aryl methyl sites for hydroxylation is 1. The first-order valence-corrected chi connectivity index (χ1v) is 7.63. The summed E-state index contributed by atoms with van der Waals surface area (Å²) in [6, 6.07) is 5.82. The zero-order valence-corrected chi connectivity index (χ0v) is 11.0. The van der Waals surface area contributed by atoms with Crippen LogP contribution in [0, 0.1) is 18.8 Å². The molecule has 92 valence electrons. The van der Waals surface area contributed by atoms with Gasteiger partial charge in [0.2, 0.25) is 0 Å². The lowest BCUT2D eigenvalue weighted by Crippen LogP contribution is -2.22. The van der Waals surface area contributed by atoms with Crippen LogP contribution in [-0.2, 0) is 10.8 Å². The Hall–Kier alpha value is -0.830. The molecule has 2 aliphatic rings. The average Bonchev–Trinajstić information content (AvgIpc) is 2.93. The second-order valence-electron chi connectivity index (χ2n) is 5.53. The third-order valence-electron chi connectivity index (χ3n) is 4.42. The molecule has 2 saturated carbocycles. The van der Waals surface area contributed by atoms with Gasteiger partial charge in [-0.1, -0.05) is 6.42 Å². The van der Waals surface area contributed by atoms with Gasteiger partial charge < -0.3 is 5.73 Å². The van der Waals surface area contributed by atoms with Crippen LogP contribution in [0.1, 0.15) is 31.2 Å². The van der Waals surface area contributed by atoms with Crippen LogP contribution in [-0.4, -0.2) is 9.46 Å². The molecule has 0 saturated heterocycles. The van der Waals surface area contributed by atoms with Crippen molar-refractivity contribution in [3.8, 4) is 0 Å². The molecule has 0 radical (unpaired) electrons. The molecule has 17 heavy (non-hydrogen) atoms. The molecule has 3 heteroatoms. The van der Waals surface area contributed by atoms with Crippen molar-refractivity contribution in [1.82, 2.24) is 0 Å². The zero-order valence-electron chi connectivity index (χ0n) is 10.2. The van der Waals surface area contributed by atoms with Gasteiger partial charge in [-0.3, -0.25) is 4.21 Å². The summed E-state index contributed by atoms with van der Waals surface area (Å²) in [5, 5.41) is 0.400. The fraction of sp³-hybridized carbons (Fsp3) is 0.571. The highest BCUT2D eigenvalue weighted by atomic mass is 32.2. The van der Waals surface area contributed by atoms with Crippen molar-refractivity contribution in [1.29, 1.82) is 0 Å². The highest BCUT2D eigenvalue weighted by Crippen LogP contribution is 2.47.